The van der Waals surface area contributed by atoms with Crippen molar-refractivity contribution in [3.63, 3.8) is 0 Å². The number of carbonyl (C=O) groups excluding carboxylic acids is 2. The summed E-state index contributed by atoms with van der Waals surface area (Å²) >= 11 is 0. The van der Waals surface area contributed by atoms with Crippen LogP contribution < -0.4 is 14.8 Å². The molecule has 0 spiro atoms. The first kappa shape index (κ1) is 19.2. The molecule has 1 N–H and O–H groups in total. The molecule has 5 nitrogen and oxygen atoms in total. The van der Waals surface area contributed by atoms with Crippen LogP contribution in [-0.2, 0) is 9.59 Å². The van der Waals surface area contributed by atoms with Crippen LogP contribution in [0.1, 0.15) is 49.1 Å². The fourth-order valence-corrected chi connectivity index (χ4v) is 4.39. The minimum Gasteiger partial charge on any atom is -0.497 e. The third-order valence-electron chi connectivity index (χ3n) is 5.72. The van der Waals surface area contributed by atoms with E-state index in [0.29, 0.717) is 19.4 Å². The second kappa shape index (κ2) is 8.11. The SMILES string of the molecule is CCOc1ccccc1[C@H]1CC(=O)NC2=C1C(=O)C[C@H](c1ccc(OC)cc1)C2. The zero-order chi connectivity index (χ0) is 20.4. The van der Waals surface area contributed by atoms with Crippen molar-refractivity contribution in [2.45, 2.75) is 38.0 Å². The molecule has 5 heteroatoms. The quantitative estimate of drug-likeness (QED) is 0.834. The molecular weight excluding hydrogens is 366 g/mol. The van der Waals surface area contributed by atoms with Gasteiger partial charge in [0.05, 0.1) is 13.7 Å². The van der Waals surface area contributed by atoms with Gasteiger partial charge in [-0.05, 0) is 43.0 Å². The van der Waals surface area contributed by atoms with Crippen molar-refractivity contribution >= 4 is 11.7 Å². The molecule has 1 heterocycles. The monoisotopic (exact) mass is 391 g/mol. The molecule has 2 atom stereocenters. The Morgan fingerprint density at radius 3 is 2.48 bits per heavy atom. The highest BCUT2D eigenvalue weighted by Crippen LogP contribution is 2.44. The van der Waals surface area contributed by atoms with E-state index in [4.69, 9.17) is 9.47 Å². The number of ketones is 1. The lowest BCUT2D eigenvalue weighted by Gasteiger charge is -2.35. The molecule has 0 bridgehead atoms. The zero-order valence-electron chi connectivity index (χ0n) is 16.7. The number of para-hydroxylation sites is 1. The topological polar surface area (TPSA) is 64.6 Å². The number of hydrogen-bond donors (Lipinski definition) is 1. The van der Waals surface area contributed by atoms with Crippen molar-refractivity contribution in [1.29, 1.82) is 0 Å². The van der Waals surface area contributed by atoms with Crippen molar-refractivity contribution in [3.8, 4) is 11.5 Å². The average molecular weight is 391 g/mol. The van der Waals surface area contributed by atoms with Crippen LogP contribution in [0.25, 0.3) is 0 Å². The minimum absolute atomic E-state index is 0.0494. The molecule has 150 valence electrons. The van der Waals surface area contributed by atoms with Crippen molar-refractivity contribution < 1.29 is 19.1 Å². The number of ether oxygens (including phenoxy) is 2. The summed E-state index contributed by atoms with van der Waals surface area (Å²) in [6, 6.07) is 15.5. The van der Waals surface area contributed by atoms with Crippen molar-refractivity contribution in [1.82, 2.24) is 5.32 Å². The Hall–Kier alpha value is -3.08. The largest absolute Gasteiger partial charge is 0.497 e. The Labute approximate surface area is 170 Å². The maximum atomic E-state index is 13.2. The normalized spacial score (nSPS) is 21.4. The van der Waals surface area contributed by atoms with E-state index in [2.05, 4.69) is 5.32 Å². The number of hydrogen-bond acceptors (Lipinski definition) is 4. The van der Waals surface area contributed by atoms with Gasteiger partial charge in [-0.1, -0.05) is 30.3 Å². The van der Waals surface area contributed by atoms with E-state index in [1.807, 2.05) is 55.5 Å². The summed E-state index contributed by atoms with van der Waals surface area (Å²) in [5.74, 6) is 1.37. The van der Waals surface area contributed by atoms with Crippen LogP contribution in [0.15, 0.2) is 59.8 Å². The number of nitrogens with one attached hydrogen (secondary N) is 1. The number of amides is 1. The van der Waals surface area contributed by atoms with Gasteiger partial charge in [-0.2, -0.15) is 0 Å². The summed E-state index contributed by atoms with van der Waals surface area (Å²) in [4.78, 5) is 25.7. The maximum Gasteiger partial charge on any atom is 0.225 e. The fraction of sp³-hybridized carbons (Fsp3) is 0.333. The Morgan fingerprint density at radius 1 is 1.00 bits per heavy atom. The zero-order valence-corrected chi connectivity index (χ0v) is 16.7. The minimum atomic E-state index is -0.259. The van der Waals surface area contributed by atoms with E-state index < -0.39 is 0 Å². The average Bonchev–Trinajstić information content (AvgIpc) is 2.73. The number of Topliss-reactive ketones (excluding diaryl/α,β-unsaturated/α-hetero) is 1. The van der Waals surface area contributed by atoms with Crippen LogP contribution in [0.2, 0.25) is 0 Å². The van der Waals surface area contributed by atoms with Gasteiger partial charge in [-0.15, -0.1) is 0 Å². The Bertz CT molecular complexity index is 961. The predicted octanol–water partition coefficient (Wildman–Crippen LogP) is 4.10. The number of methoxy groups -OCH3 is 1. The molecule has 0 fully saturated rings. The highest BCUT2D eigenvalue weighted by atomic mass is 16.5. The second-order valence-electron chi connectivity index (χ2n) is 7.47. The van der Waals surface area contributed by atoms with Gasteiger partial charge < -0.3 is 14.8 Å². The van der Waals surface area contributed by atoms with Gasteiger partial charge in [0, 0.05) is 35.6 Å². The third kappa shape index (κ3) is 3.77. The summed E-state index contributed by atoms with van der Waals surface area (Å²) in [5, 5.41) is 2.98. The van der Waals surface area contributed by atoms with Gasteiger partial charge in [-0.25, -0.2) is 0 Å². The van der Waals surface area contributed by atoms with Gasteiger partial charge in [0.25, 0.3) is 0 Å². The van der Waals surface area contributed by atoms with E-state index in [1.54, 1.807) is 7.11 Å². The van der Waals surface area contributed by atoms with Gasteiger partial charge >= 0.3 is 0 Å². The van der Waals surface area contributed by atoms with E-state index in [1.165, 1.54) is 0 Å². The summed E-state index contributed by atoms with van der Waals surface area (Å²) in [6.45, 7) is 2.47. The molecule has 0 aromatic heterocycles. The molecule has 0 saturated carbocycles. The molecular formula is C24H25NO4. The van der Waals surface area contributed by atoms with Crippen molar-refractivity contribution in [3.05, 3.63) is 70.9 Å². The summed E-state index contributed by atoms with van der Waals surface area (Å²) in [7, 11) is 1.63. The van der Waals surface area contributed by atoms with E-state index in [0.717, 1.165) is 33.9 Å². The highest BCUT2D eigenvalue weighted by Gasteiger charge is 2.39. The van der Waals surface area contributed by atoms with Crippen LogP contribution in [0.5, 0.6) is 11.5 Å². The molecule has 1 aliphatic carbocycles. The van der Waals surface area contributed by atoms with Crippen molar-refractivity contribution in [2.75, 3.05) is 13.7 Å². The standard InChI is InChI=1S/C24H25NO4/c1-3-29-22-7-5-4-6-18(22)19-14-23(27)25-20-12-16(13-21(26)24(19)20)15-8-10-17(28-2)11-9-15/h4-11,16,19H,3,12-14H2,1-2H3,(H,25,27)/t16-,19-/m1/s1. The summed E-state index contributed by atoms with van der Waals surface area (Å²) in [6.07, 6.45) is 1.35. The highest BCUT2D eigenvalue weighted by molar-refractivity contribution is 6.02. The Balaban J connectivity index is 1.69. The molecule has 0 radical (unpaired) electrons. The molecule has 2 aromatic carbocycles. The van der Waals surface area contributed by atoms with Crippen molar-refractivity contribution in [2.24, 2.45) is 0 Å². The van der Waals surface area contributed by atoms with Crippen LogP contribution >= 0.6 is 0 Å². The molecule has 1 aliphatic heterocycles. The number of rotatable bonds is 5. The lowest BCUT2D eigenvalue weighted by molar-refractivity contribution is -0.122. The Kier molecular flexibility index (Phi) is 5.38. The summed E-state index contributed by atoms with van der Waals surface area (Å²) < 4.78 is 11.0. The number of benzene rings is 2. The van der Waals surface area contributed by atoms with Crippen LogP contribution in [0.3, 0.4) is 0 Å². The van der Waals surface area contributed by atoms with E-state index >= 15 is 0 Å². The maximum absolute atomic E-state index is 13.2. The third-order valence-corrected chi connectivity index (χ3v) is 5.72. The molecule has 29 heavy (non-hydrogen) atoms. The molecule has 2 aromatic rings. The predicted molar refractivity (Wildman–Crippen MR) is 110 cm³/mol. The molecule has 0 unspecified atom stereocenters. The molecule has 0 saturated heterocycles. The first-order valence-electron chi connectivity index (χ1n) is 10.0. The Morgan fingerprint density at radius 2 is 1.76 bits per heavy atom. The second-order valence-corrected chi connectivity index (χ2v) is 7.47. The fourth-order valence-electron chi connectivity index (χ4n) is 4.39. The van der Waals surface area contributed by atoms with Gasteiger partial charge in [0.1, 0.15) is 11.5 Å². The molecule has 1 amide bonds. The van der Waals surface area contributed by atoms with Crippen LogP contribution in [0.4, 0.5) is 0 Å². The first-order chi connectivity index (χ1) is 14.1. The van der Waals surface area contributed by atoms with E-state index in [-0.39, 0.29) is 29.9 Å². The number of carbonyl (C=O) groups is 2. The number of allylic oxidation sites excluding steroid dienone is 2. The molecule has 2 aliphatic rings. The van der Waals surface area contributed by atoms with Crippen LogP contribution in [0, 0.1) is 0 Å². The smallest absolute Gasteiger partial charge is 0.225 e. The van der Waals surface area contributed by atoms with Gasteiger partial charge in [-0.3, -0.25) is 9.59 Å². The lowest BCUT2D eigenvalue weighted by atomic mass is 9.73. The first-order valence-corrected chi connectivity index (χ1v) is 10.0. The molecule has 4 rings (SSSR count). The van der Waals surface area contributed by atoms with E-state index in [9.17, 15) is 9.59 Å². The van der Waals surface area contributed by atoms with Crippen LogP contribution in [-0.4, -0.2) is 25.4 Å². The lowest BCUT2D eigenvalue weighted by Crippen LogP contribution is -2.38. The van der Waals surface area contributed by atoms with Gasteiger partial charge in [0.2, 0.25) is 5.91 Å². The van der Waals surface area contributed by atoms with Gasteiger partial charge in [0.15, 0.2) is 5.78 Å². The summed E-state index contributed by atoms with van der Waals surface area (Å²) in [5.41, 5.74) is 3.49.